The van der Waals surface area contributed by atoms with Crippen LogP contribution >= 0.6 is 22.9 Å². The second-order valence-electron chi connectivity index (χ2n) is 8.98. The molecule has 1 N–H and O–H groups in total. The van der Waals surface area contributed by atoms with Crippen LogP contribution in [0.1, 0.15) is 34.1 Å². The van der Waals surface area contributed by atoms with Gasteiger partial charge in [-0.2, -0.15) is 5.10 Å². The van der Waals surface area contributed by atoms with E-state index in [2.05, 4.69) is 10.4 Å². The Morgan fingerprint density at radius 3 is 2.71 bits per heavy atom. The average molecular weight is 505 g/mol. The van der Waals surface area contributed by atoms with Crippen LogP contribution in [0.2, 0.25) is 5.02 Å². The molecule has 1 aliphatic heterocycles. The lowest BCUT2D eigenvalue weighted by atomic mass is 9.94. The Balaban J connectivity index is 1.50. The van der Waals surface area contributed by atoms with Crippen LogP contribution in [0, 0.1) is 6.92 Å². The third-order valence-corrected chi connectivity index (χ3v) is 7.64. The van der Waals surface area contributed by atoms with Crippen molar-refractivity contribution in [1.29, 1.82) is 0 Å². The van der Waals surface area contributed by atoms with Gasteiger partial charge in [0.25, 0.3) is 5.91 Å². The first-order valence-corrected chi connectivity index (χ1v) is 12.6. The monoisotopic (exact) mass is 504 g/mol. The van der Waals surface area contributed by atoms with Gasteiger partial charge in [-0.05, 0) is 48.6 Å². The van der Waals surface area contributed by atoms with Gasteiger partial charge in [-0.15, -0.1) is 11.3 Å². The first kappa shape index (κ1) is 23.3. The van der Waals surface area contributed by atoms with Crippen LogP contribution in [0.5, 0.6) is 0 Å². The third kappa shape index (κ3) is 4.49. The van der Waals surface area contributed by atoms with Crippen molar-refractivity contribution in [2.45, 2.75) is 39.0 Å². The van der Waals surface area contributed by atoms with E-state index < -0.39 is 5.54 Å². The number of nitrogens with one attached hydrogen (secondary N) is 1. The third-order valence-electron chi connectivity index (χ3n) is 6.38. The van der Waals surface area contributed by atoms with Crippen molar-refractivity contribution in [3.05, 3.63) is 99.5 Å². The van der Waals surface area contributed by atoms with E-state index in [-0.39, 0.29) is 24.9 Å². The molecular formula is C27H25ClN4O2S. The predicted octanol–water partition coefficient (Wildman–Crippen LogP) is 5.30. The van der Waals surface area contributed by atoms with Crippen molar-refractivity contribution in [2.24, 2.45) is 0 Å². The first-order chi connectivity index (χ1) is 16.8. The molecule has 6 nitrogen and oxygen atoms in total. The molecule has 1 unspecified atom stereocenters. The molecule has 2 aromatic carbocycles. The van der Waals surface area contributed by atoms with E-state index in [1.807, 2.05) is 66.9 Å². The highest BCUT2D eigenvalue weighted by atomic mass is 35.5. The Morgan fingerprint density at radius 2 is 1.97 bits per heavy atom. The molecule has 0 saturated carbocycles. The Morgan fingerprint density at radius 1 is 1.14 bits per heavy atom. The average Bonchev–Trinajstić information content (AvgIpc) is 3.51. The molecule has 0 aliphatic carbocycles. The summed E-state index contributed by atoms with van der Waals surface area (Å²) in [6, 6.07) is 21.1. The smallest absolute Gasteiger partial charge is 0.273 e. The van der Waals surface area contributed by atoms with Gasteiger partial charge < -0.3 is 10.2 Å². The van der Waals surface area contributed by atoms with Gasteiger partial charge in [-0.25, -0.2) is 0 Å². The van der Waals surface area contributed by atoms with E-state index in [1.165, 1.54) is 0 Å². The van der Waals surface area contributed by atoms with Crippen molar-refractivity contribution in [1.82, 2.24) is 20.0 Å². The summed E-state index contributed by atoms with van der Waals surface area (Å²) in [5.74, 6) is -0.488. The molecule has 35 heavy (non-hydrogen) atoms. The van der Waals surface area contributed by atoms with Crippen LogP contribution in [-0.4, -0.2) is 32.0 Å². The molecule has 0 fully saturated rings. The number of amides is 2. The Kier molecular flexibility index (Phi) is 6.21. The molecular weight excluding hydrogens is 480 g/mol. The number of carbonyl (C=O) groups is 2. The molecule has 1 aliphatic rings. The Labute approximate surface area is 213 Å². The zero-order valence-corrected chi connectivity index (χ0v) is 21.1. The van der Waals surface area contributed by atoms with Crippen molar-refractivity contribution < 1.29 is 9.59 Å². The number of aromatic nitrogens is 2. The summed E-state index contributed by atoms with van der Waals surface area (Å²) in [7, 11) is 0. The Hall–Kier alpha value is -3.42. The van der Waals surface area contributed by atoms with Gasteiger partial charge >= 0.3 is 0 Å². The second-order valence-corrected chi connectivity index (χ2v) is 10.3. The number of carbonyl (C=O) groups excluding carboxylic acids is 2. The molecule has 0 spiro atoms. The number of thiophene rings is 1. The minimum Gasteiger partial charge on any atom is -0.350 e. The maximum absolute atomic E-state index is 13.8. The number of fused-ring (bicyclic) bond motifs is 1. The Bertz CT molecular complexity index is 1400. The summed E-state index contributed by atoms with van der Waals surface area (Å²) in [6.45, 7) is 4.64. The van der Waals surface area contributed by atoms with E-state index in [1.54, 1.807) is 40.0 Å². The standard InChI is InChI=1S/C27H25ClN4O2S/c1-18-7-5-8-19(13-18)15-29-26(34)27(2)17-32-23(14-22(30-32)24-11-6-12-35-24)25(33)31(27)16-20-9-3-4-10-21(20)28/h3-14H,15-17H2,1-2H3,(H,29,34). The summed E-state index contributed by atoms with van der Waals surface area (Å²) in [5.41, 5.74) is 2.94. The van der Waals surface area contributed by atoms with E-state index >= 15 is 0 Å². The van der Waals surface area contributed by atoms with Gasteiger partial charge in [-0.3, -0.25) is 14.3 Å². The van der Waals surface area contributed by atoms with Crippen molar-refractivity contribution in [3.8, 4) is 10.6 Å². The van der Waals surface area contributed by atoms with Crippen molar-refractivity contribution in [2.75, 3.05) is 0 Å². The fourth-order valence-electron chi connectivity index (χ4n) is 4.43. The summed E-state index contributed by atoms with van der Waals surface area (Å²) in [4.78, 5) is 30.1. The minimum absolute atomic E-state index is 0.215. The maximum Gasteiger partial charge on any atom is 0.273 e. The van der Waals surface area contributed by atoms with Gasteiger partial charge in [0.15, 0.2) is 0 Å². The molecule has 2 amide bonds. The molecule has 5 rings (SSSR count). The fourth-order valence-corrected chi connectivity index (χ4v) is 5.30. The van der Waals surface area contributed by atoms with Crippen LogP contribution in [0.4, 0.5) is 0 Å². The first-order valence-electron chi connectivity index (χ1n) is 11.4. The number of rotatable bonds is 6. The highest BCUT2D eigenvalue weighted by molar-refractivity contribution is 7.13. The molecule has 4 aromatic rings. The van der Waals surface area contributed by atoms with E-state index in [4.69, 9.17) is 11.6 Å². The van der Waals surface area contributed by atoms with E-state index in [9.17, 15) is 9.59 Å². The molecule has 0 bridgehead atoms. The number of nitrogens with zero attached hydrogens (tertiary/aromatic N) is 3. The second kappa shape index (κ2) is 9.32. The molecule has 3 heterocycles. The number of halogens is 1. The predicted molar refractivity (Wildman–Crippen MR) is 138 cm³/mol. The lowest BCUT2D eigenvalue weighted by Gasteiger charge is -2.43. The molecule has 0 radical (unpaired) electrons. The maximum atomic E-state index is 13.8. The molecule has 178 valence electrons. The van der Waals surface area contributed by atoms with Crippen molar-refractivity contribution in [3.63, 3.8) is 0 Å². The quantitative estimate of drug-likeness (QED) is 0.387. The SMILES string of the molecule is Cc1cccc(CNC(=O)C2(C)Cn3nc(-c4cccs4)cc3C(=O)N2Cc2ccccc2Cl)c1. The van der Waals surface area contributed by atoms with Gasteiger partial charge in [0.05, 0.1) is 11.4 Å². The summed E-state index contributed by atoms with van der Waals surface area (Å²) >= 11 is 8.00. The summed E-state index contributed by atoms with van der Waals surface area (Å²) in [5, 5.41) is 10.3. The van der Waals surface area contributed by atoms with Crippen LogP contribution in [0.3, 0.4) is 0 Å². The summed E-state index contributed by atoms with van der Waals surface area (Å²) in [6.07, 6.45) is 0. The number of aryl methyl sites for hydroxylation is 1. The van der Waals surface area contributed by atoms with Crippen LogP contribution in [0.25, 0.3) is 10.6 Å². The van der Waals surface area contributed by atoms with Gasteiger partial charge in [0.2, 0.25) is 5.91 Å². The normalized spacial score (nSPS) is 17.3. The minimum atomic E-state index is -1.16. The summed E-state index contributed by atoms with van der Waals surface area (Å²) < 4.78 is 1.66. The van der Waals surface area contributed by atoms with Crippen LogP contribution < -0.4 is 5.32 Å². The van der Waals surface area contributed by atoms with Crippen molar-refractivity contribution >= 4 is 34.8 Å². The van der Waals surface area contributed by atoms with Gasteiger partial charge in [0, 0.05) is 18.1 Å². The zero-order chi connectivity index (χ0) is 24.6. The zero-order valence-electron chi connectivity index (χ0n) is 19.5. The molecule has 0 saturated heterocycles. The molecule has 8 heteroatoms. The number of hydrogen-bond acceptors (Lipinski definition) is 4. The lowest BCUT2D eigenvalue weighted by molar-refractivity contribution is -0.133. The van der Waals surface area contributed by atoms with Crippen LogP contribution in [-0.2, 0) is 24.4 Å². The van der Waals surface area contributed by atoms with Gasteiger partial charge in [0.1, 0.15) is 16.9 Å². The molecule has 2 aromatic heterocycles. The van der Waals surface area contributed by atoms with Gasteiger partial charge in [-0.1, -0.05) is 65.7 Å². The van der Waals surface area contributed by atoms with E-state index in [0.29, 0.717) is 17.3 Å². The van der Waals surface area contributed by atoms with E-state index in [0.717, 1.165) is 27.3 Å². The topological polar surface area (TPSA) is 67.2 Å². The molecule has 1 atom stereocenters. The number of hydrogen-bond donors (Lipinski definition) is 1. The largest absolute Gasteiger partial charge is 0.350 e. The fraction of sp³-hybridized carbons (Fsp3) is 0.222. The number of benzene rings is 2. The lowest BCUT2D eigenvalue weighted by Crippen LogP contribution is -2.63. The highest BCUT2D eigenvalue weighted by Crippen LogP contribution is 2.33. The highest BCUT2D eigenvalue weighted by Gasteiger charge is 2.48. The van der Waals surface area contributed by atoms with Crippen LogP contribution in [0.15, 0.2) is 72.1 Å².